The third kappa shape index (κ3) is 5.46. The summed E-state index contributed by atoms with van der Waals surface area (Å²) in [6, 6.07) is 6.43. The summed E-state index contributed by atoms with van der Waals surface area (Å²) in [4.78, 5) is 11.0. The SMILES string of the molecule is CCCOc1ccc(CCCC(C)=O)cc1C(C)C. The fourth-order valence-corrected chi connectivity index (χ4v) is 2.09. The molecule has 2 nitrogen and oxygen atoms in total. The summed E-state index contributed by atoms with van der Waals surface area (Å²) in [6.07, 6.45) is 3.60. The third-order valence-electron chi connectivity index (χ3n) is 3.15. The standard InChI is InChI=1S/C17H26O2/c1-5-11-19-17-10-9-15(8-6-7-14(4)18)12-16(17)13(2)3/h9-10,12-13H,5-8,11H2,1-4H3. The molecule has 0 aliphatic rings. The second-order valence-corrected chi connectivity index (χ2v) is 5.43. The average molecular weight is 262 g/mol. The van der Waals surface area contributed by atoms with Gasteiger partial charge in [-0.2, -0.15) is 0 Å². The minimum absolute atomic E-state index is 0.270. The van der Waals surface area contributed by atoms with Crippen LogP contribution in [0.1, 0.15) is 64.0 Å². The molecule has 0 aliphatic heterocycles. The molecule has 0 aromatic heterocycles. The highest BCUT2D eigenvalue weighted by Gasteiger charge is 2.09. The van der Waals surface area contributed by atoms with Crippen LogP contribution in [0.5, 0.6) is 5.75 Å². The first-order valence-corrected chi connectivity index (χ1v) is 7.29. The molecular weight excluding hydrogens is 236 g/mol. The Morgan fingerprint density at radius 1 is 1.32 bits per heavy atom. The van der Waals surface area contributed by atoms with Crippen molar-refractivity contribution in [3.05, 3.63) is 29.3 Å². The van der Waals surface area contributed by atoms with Gasteiger partial charge >= 0.3 is 0 Å². The van der Waals surface area contributed by atoms with E-state index in [1.807, 2.05) is 0 Å². The summed E-state index contributed by atoms with van der Waals surface area (Å²) in [6.45, 7) is 8.91. The first-order valence-electron chi connectivity index (χ1n) is 7.29. The molecule has 0 fully saturated rings. The Balaban J connectivity index is 2.74. The van der Waals surface area contributed by atoms with Crippen molar-refractivity contribution in [1.82, 2.24) is 0 Å². The van der Waals surface area contributed by atoms with Crippen LogP contribution in [-0.2, 0) is 11.2 Å². The van der Waals surface area contributed by atoms with Crippen molar-refractivity contribution >= 4 is 5.78 Å². The second-order valence-electron chi connectivity index (χ2n) is 5.43. The maximum absolute atomic E-state index is 11.0. The molecule has 2 heteroatoms. The van der Waals surface area contributed by atoms with E-state index in [0.29, 0.717) is 12.3 Å². The van der Waals surface area contributed by atoms with Crippen molar-refractivity contribution in [2.45, 2.75) is 59.3 Å². The van der Waals surface area contributed by atoms with Gasteiger partial charge in [0.2, 0.25) is 0 Å². The molecular formula is C17H26O2. The predicted molar refractivity (Wildman–Crippen MR) is 79.9 cm³/mol. The van der Waals surface area contributed by atoms with Crippen molar-refractivity contribution in [3.63, 3.8) is 0 Å². The van der Waals surface area contributed by atoms with Crippen LogP contribution in [0.2, 0.25) is 0 Å². The van der Waals surface area contributed by atoms with Crippen LogP contribution < -0.4 is 4.74 Å². The summed E-state index contributed by atoms with van der Waals surface area (Å²) < 4.78 is 5.79. The van der Waals surface area contributed by atoms with Crippen molar-refractivity contribution in [2.75, 3.05) is 6.61 Å². The van der Waals surface area contributed by atoms with Gasteiger partial charge in [-0.3, -0.25) is 0 Å². The molecule has 0 saturated carbocycles. The van der Waals surface area contributed by atoms with E-state index in [0.717, 1.165) is 31.6 Å². The molecule has 106 valence electrons. The number of Topliss-reactive ketones (excluding diaryl/α,β-unsaturated/α-hetero) is 1. The van der Waals surface area contributed by atoms with Gasteiger partial charge in [-0.1, -0.05) is 32.9 Å². The van der Waals surface area contributed by atoms with Gasteiger partial charge in [0.15, 0.2) is 0 Å². The van der Waals surface area contributed by atoms with Crippen molar-refractivity contribution < 1.29 is 9.53 Å². The van der Waals surface area contributed by atoms with E-state index >= 15 is 0 Å². The molecule has 0 unspecified atom stereocenters. The van der Waals surface area contributed by atoms with E-state index in [9.17, 15) is 4.79 Å². The van der Waals surface area contributed by atoms with Crippen molar-refractivity contribution in [3.8, 4) is 5.75 Å². The molecule has 19 heavy (non-hydrogen) atoms. The van der Waals surface area contributed by atoms with E-state index in [2.05, 4.69) is 39.0 Å². The number of rotatable bonds is 8. The molecule has 0 saturated heterocycles. The van der Waals surface area contributed by atoms with Gasteiger partial charge in [0.05, 0.1) is 6.61 Å². The van der Waals surface area contributed by atoms with Crippen LogP contribution in [0, 0.1) is 0 Å². The quantitative estimate of drug-likeness (QED) is 0.689. The number of hydrogen-bond donors (Lipinski definition) is 0. The minimum Gasteiger partial charge on any atom is -0.493 e. The van der Waals surface area contributed by atoms with Gasteiger partial charge in [0.1, 0.15) is 11.5 Å². The smallest absolute Gasteiger partial charge is 0.129 e. The van der Waals surface area contributed by atoms with Gasteiger partial charge in [0.25, 0.3) is 0 Å². The lowest BCUT2D eigenvalue weighted by Crippen LogP contribution is -2.01. The average Bonchev–Trinajstić information content (AvgIpc) is 2.36. The fraction of sp³-hybridized carbons (Fsp3) is 0.588. The van der Waals surface area contributed by atoms with Gasteiger partial charge < -0.3 is 9.53 Å². The van der Waals surface area contributed by atoms with Crippen LogP contribution in [0.3, 0.4) is 0 Å². The van der Waals surface area contributed by atoms with Crippen LogP contribution in [0.4, 0.5) is 0 Å². The zero-order valence-corrected chi connectivity index (χ0v) is 12.7. The fourth-order valence-electron chi connectivity index (χ4n) is 2.09. The van der Waals surface area contributed by atoms with Crippen LogP contribution in [-0.4, -0.2) is 12.4 Å². The first-order chi connectivity index (χ1) is 9.04. The van der Waals surface area contributed by atoms with E-state index in [4.69, 9.17) is 4.74 Å². The highest BCUT2D eigenvalue weighted by Crippen LogP contribution is 2.28. The molecule has 0 bridgehead atoms. The van der Waals surface area contributed by atoms with E-state index < -0.39 is 0 Å². The summed E-state index contributed by atoms with van der Waals surface area (Å²) in [5, 5.41) is 0. The summed E-state index contributed by atoms with van der Waals surface area (Å²) in [7, 11) is 0. The summed E-state index contributed by atoms with van der Waals surface area (Å²) in [5.41, 5.74) is 2.57. The molecule has 1 aromatic carbocycles. The molecule has 1 rings (SSSR count). The lowest BCUT2D eigenvalue weighted by molar-refractivity contribution is -0.117. The molecule has 0 N–H and O–H groups in total. The number of ketones is 1. The molecule has 0 atom stereocenters. The highest BCUT2D eigenvalue weighted by atomic mass is 16.5. The normalized spacial score (nSPS) is 10.8. The Hall–Kier alpha value is -1.31. The zero-order valence-electron chi connectivity index (χ0n) is 12.7. The van der Waals surface area contributed by atoms with Crippen molar-refractivity contribution in [2.24, 2.45) is 0 Å². The predicted octanol–water partition coefficient (Wildman–Crippen LogP) is 4.51. The zero-order chi connectivity index (χ0) is 14.3. The van der Waals surface area contributed by atoms with Crippen LogP contribution in [0.25, 0.3) is 0 Å². The van der Waals surface area contributed by atoms with E-state index in [1.165, 1.54) is 11.1 Å². The Morgan fingerprint density at radius 3 is 2.63 bits per heavy atom. The van der Waals surface area contributed by atoms with Gasteiger partial charge in [0, 0.05) is 6.42 Å². The first kappa shape index (κ1) is 15.7. The lowest BCUT2D eigenvalue weighted by atomic mass is 9.97. The molecule has 1 aromatic rings. The molecule has 0 spiro atoms. The topological polar surface area (TPSA) is 26.3 Å². The van der Waals surface area contributed by atoms with Crippen molar-refractivity contribution in [1.29, 1.82) is 0 Å². The lowest BCUT2D eigenvalue weighted by Gasteiger charge is -2.15. The van der Waals surface area contributed by atoms with Gasteiger partial charge in [-0.25, -0.2) is 0 Å². The minimum atomic E-state index is 0.270. The Labute approximate surface area is 117 Å². The van der Waals surface area contributed by atoms with E-state index in [-0.39, 0.29) is 5.78 Å². The number of benzene rings is 1. The Kier molecular flexibility index (Phi) is 6.61. The molecule has 0 heterocycles. The van der Waals surface area contributed by atoms with Crippen LogP contribution in [0.15, 0.2) is 18.2 Å². The second kappa shape index (κ2) is 7.98. The number of aryl methyl sites for hydroxylation is 1. The molecule has 0 aliphatic carbocycles. The largest absolute Gasteiger partial charge is 0.493 e. The number of hydrogen-bond acceptors (Lipinski definition) is 2. The van der Waals surface area contributed by atoms with Gasteiger partial charge in [-0.15, -0.1) is 0 Å². The maximum Gasteiger partial charge on any atom is 0.129 e. The number of carbonyl (C=O) groups is 1. The number of ether oxygens (including phenoxy) is 1. The third-order valence-corrected chi connectivity index (χ3v) is 3.15. The Morgan fingerprint density at radius 2 is 2.05 bits per heavy atom. The Bertz CT molecular complexity index is 408. The summed E-state index contributed by atoms with van der Waals surface area (Å²) in [5.74, 6) is 1.73. The highest BCUT2D eigenvalue weighted by molar-refractivity contribution is 5.75. The van der Waals surface area contributed by atoms with Gasteiger partial charge in [-0.05, 0) is 49.3 Å². The number of carbonyl (C=O) groups excluding carboxylic acids is 1. The van der Waals surface area contributed by atoms with Crippen LogP contribution >= 0.6 is 0 Å². The van der Waals surface area contributed by atoms with E-state index in [1.54, 1.807) is 6.92 Å². The monoisotopic (exact) mass is 262 g/mol. The molecule has 0 radical (unpaired) electrons. The maximum atomic E-state index is 11.0. The molecule has 0 amide bonds. The summed E-state index contributed by atoms with van der Waals surface area (Å²) >= 11 is 0.